The Labute approximate surface area is 154 Å². The van der Waals surface area contributed by atoms with E-state index in [0.29, 0.717) is 6.54 Å². The van der Waals surface area contributed by atoms with E-state index < -0.39 is 5.54 Å². The fraction of sp³-hybridized carbons (Fsp3) is 0.550. The third-order valence-corrected chi connectivity index (χ3v) is 5.90. The van der Waals surface area contributed by atoms with Crippen molar-refractivity contribution in [3.05, 3.63) is 29.1 Å². The molecule has 1 aromatic heterocycles. The standard InChI is InChI=1S/C20H28N4O2/c1-12-8-9-15-18(13(12)2)23-16(22-15)7-6-10-21-19(26)14-11-17(25)24(5)20(14,3)4/h8-9,14H,6-7,10-11H2,1-5H3,(H,21,26)(H,22,23)/t14-/m0/s1. The van der Waals surface area contributed by atoms with Crippen molar-refractivity contribution in [2.45, 2.75) is 52.5 Å². The number of rotatable bonds is 5. The van der Waals surface area contributed by atoms with E-state index in [1.54, 1.807) is 11.9 Å². The number of benzene rings is 1. The van der Waals surface area contributed by atoms with Gasteiger partial charge in [-0.15, -0.1) is 0 Å². The van der Waals surface area contributed by atoms with Crippen LogP contribution in [0.2, 0.25) is 0 Å². The number of nitrogens with zero attached hydrogens (tertiary/aromatic N) is 2. The molecule has 140 valence electrons. The lowest BCUT2D eigenvalue weighted by Crippen LogP contribution is -2.47. The van der Waals surface area contributed by atoms with Gasteiger partial charge in [0.05, 0.1) is 17.0 Å². The molecule has 3 rings (SSSR count). The SMILES string of the molecule is Cc1ccc2[nH]c(CCCNC(=O)[C@@H]3CC(=O)N(C)C3(C)C)nc2c1C. The lowest BCUT2D eigenvalue weighted by Gasteiger charge is -2.32. The lowest BCUT2D eigenvalue weighted by atomic mass is 9.88. The van der Waals surface area contributed by atoms with E-state index in [2.05, 4.69) is 36.3 Å². The highest BCUT2D eigenvalue weighted by Crippen LogP contribution is 2.34. The molecule has 0 unspecified atom stereocenters. The van der Waals surface area contributed by atoms with Crippen LogP contribution in [0.1, 0.15) is 43.6 Å². The van der Waals surface area contributed by atoms with Crippen molar-refractivity contribution in [3.63, 3.8) is 0 Å². The molecule has 1 aliphatic rings. The summed E-state index contributed by atoms with van der Waals surface area (Å²) in [5.41, 5.74) is 4.09. The zero-order valence-corrected chi connectivity index (χ0v) is 16.3. The van der Waals surface area contributed by atoms with E-state index in [4.69, 9.17) is 4.98 Å². The van der Waals surface area contributed by atoms with Crippen LogP contribution in [0.4, 0.5) is 0 Å². The number of hydrogen-bond donors (Lipinski definition) is 2. The van der Waals surface area contributed by atoms with Crippen molar-refractivity contribution in [3.8, 4) is 0 Å². The first kappa shape index (κ1) is 18.4. The summed E-state index contributed by atoms with van der Waals surface area (Å²) in [6.45, 7) is 8.65. The molecule has 0 aliphatic carbocycles. The molecule has 1 fully saturated rings. The summed E-state index contributed by atoms with van der Waals surface area (Å²) in [6, 6.07) is 4.16. The van der Waals surface area contributed by atoms with Gasteiger partial charge in [0, 0.05) is 32.0 Å². The van der Waals surface area contributed by atoms with Crippen molar-refractivity contribution in [2.75, 3.05) is 13.6 Å². The largest absolute Gasteiger partial charge is 0.356 e. The van der Waals surface area contributed by atoms with Gasteiger partial charge in [-0.05, 0) is 51.3 Å². The molecule has 26 heavy (non-hydrogen) atoms. The molecule has 1 aromatic carbocycles. The highest BCUT2D eigenvalue weighted by Gasteiger charge is 2.47. The number of carbonyl (C=O) groups is 2. The van der Waals surface area contributed by atoms with Crippen molar-refractivity contribution in [1.29, 1.82) is 0 Å². The first-order valence-corrected chi connectivity index (χ1v) is 9.21. The number of carbonyl (C=O) groups excluding carboxylic acids is 2. The average Bonchev–Trinajstić information content (AvgIpc) is 3.10. The van der Waals surface area contributed by atoms with Gasteiger partial charge < -0.3 is 15.2 Å². The van der Waals surface area contributed by atoms with Crippen LogP contribution in [0.25, 0.3) is 11.0 Å². The monoisotopic (exact) mass is 356 g/mol. The number of aromatic nitrogens is 2. The van der Waals surface area contributed by atoms with Gasteiger partial charge in [0.2, 0.25) is 11.8 Å². The third-order valence-electron chi connectivity index (χ3n) is 5.90. The third kappa shape index (κ3) is 3.20. The molecule has 0 radical (unpaired) electrons. The van der Waals surface area contributed by atoms with Crippen LogP contribution in [0.3, 0.4) is 0 Å². The molecule has 2 aromatic rings. The van der Waals surface area contributed by atoms with Crippen LogP contribution in [0.5, 0.6) is 0 Å². The summed E-state index contributed by atoms with van der Waals surface area (Å²) in [5, 5.41) is 2.99. The van der Waals surface area contributed by atoms with Gasteiger partial charge in [-0.2, -0.15) is 0 Å². The Morgan fingerprint density at radius 3 is 2.77 bits per heavy atom. The van der Waals surface area contributed by atoms with Gasteiger partial charge in [-0.1, -0.05) is 6.07 Å². The number of imidazole rings is 1. The number of hydrogen-bond acceptors (Lipinski definition) is 3. The van der Waals surface area contributed by atoms with Gasteiger partial charge in [0.25, 0.3) is 0 Å². The first-order chi connectivity index (χ1) is 12.2. The van der Waals surface area contributed by atoms with Gasteiger partial charge in [0.15, 0.2) is 0 Å². The summed E-state index contributed by atoms with van der Waals surface area (Å²) >= 11 is 0. The Kier molecular flexibility index (Phi) is 4.78. The first-order valence-electron chi connectivity index (χ1n) is 9.21. The molecular weight excluding hydrogens is 328 g/mol. The van der Waals surface area contributed by atoms with Crippen molar-refractivity contribution in [1.82, 2.24) is 20.2 Å². The van der Waals surface area contributed by atoms with Gasteiger partial charge >= 0.3 is 0 Å². The number of amides is 2. The van der Waals surface area contributed by atoms with Crippen molar-refractivity contribution in [2.24, 2.45) is 5.92 Å². The molecule has 2 amide bonds. The minimum Gasteiger partial charge on any atom is -0.356 e. The Hall–Kier alpha value is -2.37. The molecule has 1 saturated heterocycles. The number of aryl methyl sites for hydroxylation is 3. The summed E-state index contributed by atoms with van der Waals surface area (Å²) < 4.78 is 0. The average molecular weight is 356 g/mol. The molecule has 0 spiro atoms. The fourth-order valence-corrected chi connectivity index (χ4v) is 3.60. The van der Waals surface area contributed by atoms with Crippen LogP contribution in [0.15, 0.2) is 12.1 Å². The maximum atomic E-state index is 12.5. The minimum absolute atomic E-state index is 0.0306. The highest BCUT2D eigenvalue weighted by atomic mass is 16.2. The van der Waals surface area contributed by atoms with E-state index in [1.807, 2.05) is 13.8 Å². The Balaban J connectivity index is 1.54. The lowest BCUT2D eigenvalue weighted by molar-refractivity contribution is -0.128. The fourth-order valence-electron chi connectivity index (χ4n) is 3.60. The smallest absolute Gasteiger partial charge is 0.225 e. The van der Waals surface area contributed by atoms with E-state index >= 15 is 0 Å². The number of H-pyrrole nitrogens is 1. The molecule has 0 saturated carbocycles. The summed E-state index contributed by atoms with van der Waals surface area (Å²) in [5.74, 6) is 0.641. The van der Waals surface area contributed by atoms with E-state index in [0.717, 1.165) is 29.7 Å². The van der Waals surface area contributed by atoms with Crippen LogP contribution in [-0.4, -0.2) is 45.8 Å². The zero-order valence-electron chi connectivity index (χ0n) is 16.3. The van der Waals surface area contributed by atoms with E-state index in [-0.39, 0.29) is 24.2 Å². The Bertz CT molecular complexity index is 853. The minimum atomic E-state index is -0.435. The van der Waals surface area contributed by atoms with Gasteiger partial charge in [-0.3, -0.25) is 9.59 Å². The molecule has 0 bridgehead atoms. The molecule has 6 nitrogen and oxygen atoms in total. The summed E-state index contributed by atoms with van der Waals surface area (Å²) in [6.07, 6.45) is 1.87. The Morgan fingerprint density at radius 1 is 1.38 bits per heavy atom. The van der Waals surface area contributed by atoms with Crippen LogP contribution >= 0.6 is 0 Å². The van der Waals surface area contributed by atoms with Crippen molar-refractivity contribution >= 4 is 22.8 Å². The van der Waals surface area contributed by atoms with E-state index in [9.17, 15) is 9.59 Å². The topological polar surface area (TPSA) is 78.1 Å². The number of fused-ring (bicyclic) bond motifs is 1. The summed E-state index contributed by atoms with van der Waals surface area (Å²) in [7, 11) is 1.76. The Morgan fingerprint density at radius 2 is 2.12 bits per heavy atom. The molecule has 1 atom stereocenters. The molecular formula is C20H28N4O2. The number of aromatic amines is 1. The van der Waals surface area contributed by atoms with Crippen LogP contribution in [0, 0.1) is 19.8 Å². The number of likely N-dealkylation sites (tertiary alicyclic amines) is 1. The zero-order chi connectivity index (χ0) is 19.1. The maximum Gasteiger partial charge on any atom is 0.225 e. The highest BCUT2D eigenvalue weighted by molar-refractivity contribution is 5.90. The second-order valence-electron chi connectivity index (χ2n) is 7.84. The van der Waals surface area contributed by atoms with Crippen molar-refractivity contribution < 1.29 is 9.59 Å². The second-order valence-corrected chi connectivity index (χ2v) is 7.84. The predicted octanol–water partition coefficient (Wildman–Crippen LogP) is 2.49. The van der Waals surface area contributed by atoms with E-state index in [1.165, 1.54) is 11.1 Å². The molecule has 6 heteroatoms. The van der Waals surface area contributed by atoms with Crippen LogP contribution in [-0.2, 0) is 16.0 Å². The van der Waals surface area contributed by atoms with Crippen LogP contribution < -0.4 is 5.32 Å². The normalized spacial score (nSPS) is 19.3. The predicted molar refractivity (Wildman–Crippen MR) is 102 cm³/mol. The summed E-state index contributed by atoms with van der Waals surface area (Å²) in [4.78, 5) is 34.1. The quantitative estimate of drug-likeness (QED) is 0.808. The maximum absolute atomic E-state index is 12.5. The molecule has 2 N–H and O–H groups in total. The molecule has 2 heterocycles. The van der Waals surface area contributed by atoms with Gasteiger partial charge in [-0.25, -0.2) is 4.98 Å². The van der Waals surface area contributed by atoms with Gasteiger partial charge in [0.1, 0.15) is 5.82 Å². The number of nitrogens with one attached hydrogen (secondary N) is 2. The molecule has 1 aliphatic heterocycles. The second kappa shape index (κ2) is 6.74.